The highest BCUT2D eigenvalue weighted by atomic mass is 16.5. The molecule has 0 aromatic rings. The van der Waals surface area contributed by atoms with E-state index in [9.17, 15) is 14.4 Å². The van der Waals surface area contributed by atoms with Crippen LogP contribution in [0.15, 0.2) is 0 Å². The van der Waals surface area contributed by atoms with Gasteiger partial charge in [-0.15, -0.1) is 0 Å². The molecule has 1 saturated heterocycles. The molecule has 1 amide bonds. The van der Waals surface area contributed by atoms with E-state index in [2.05, 4.69) is 5.32 Å². The van der Waals surface area contributed by atoms with Crippen LogP contribution >= 0.6 is 0 Å². The highest BCUT2D eigenvalue weighted by Crippen LogP contribution is 2.19. The van der Waals surface area contributed by atoms with Crippen molar-refractivity contribution in [2.75, 3.05) is 6.61 Å². The van der Waals surface area contributed by atoms with Crippen LogP contribution in [0.1, 0.15) is 19.8 Å². The first-order chi connectivity index (χ1) is 7.90. The van der Waals surface area contributed by atoms with Crippen LogP contribution in [0.2, 0.25) is 0 Å². The molecule has 7 heteroatoms. The van der Waals surface area contributed by atoms with E-state index in [1.54, 1.807) is 0 Å². The molecular weight excluding hydrogens is 230 g/mol. The van der Waals surface area contributed by atoms with Gasteiger partial charge in [-0.05, 0) is 13.3 Å². The maximum Gasteiger partial charge on any atom is 0.326 e. The fourth-order valence-corrected chi connectivity index (χ4v) is 1.66. The van der Waals surface area contributed by atoms with Crippen molar-refractivity contribution >= 4 is 17.8 Å². The van der Waals surface area contributed by atoms with E-state index in [1.165, 1.54) is 0 Å². The van der Waals surface area contributed by atoms with Crippen molar-refractivity contribution in [2.45, 2.75) is 31.9 Å². The van der Waals surface area contributed by atoms with Gasteiger partial charge in [0.25, 0.3) is 0 Å². The van der Waals surface area contributed by atoms with Gasteiger partial charge in [-0.2, -0.15) is 0 Å². The van der Waals surface area contributed by atoms with Crippen molar-refractivity contribution in [1.29, 1.82) is 0 Å². The van der Waals surface area contributed by atoms with Gasteiger partial charge in [0.1, 0.15) is 6.04 Å². The highest BCUT2D eigenvalue weighted by molar-refractivity contribution is 5.87. The minimum Gasteiger partial charge on any atom is -0.481 e. The van der Waals surface area contributed by atoms with Crippen molar-refractivity contribution in [1.82, 2.24) is 5.32 Å². The first-order valence-electron chi connectivity index (χ1n) is 5.26. The fourth-order valence-electron chi connectivity index (χ4n) is 1.66. The lowest BCUT2D eigenvalue weighted by atomic mass is 10.0. The van der Waals surface area contributed by atoms with E-state index >= 15 is 0 Å². The molecule has 96 valence electrons. The Hall–Kier alpha value is -1.63. The molecule has 7 nitrogen and oxygen atoms in total. The van der Waals surface area contributed by atoms with E-state index in [1.807, 2.05) is 6.92 Å². The van der Waals surface area contributed by atoms with E-state index in [-0.39, 0.29) is 12.7 Å². The molecule has 1 fully saturated rings. The molecule has 1 rings (SSSR count). The van der Waals surface area contributed by atoms with Crippen LogP contribution in [0.25, 0.3) is 0 Å². The normalized spacial score (nSPS) is 25.2. The van der Waals surface area contributed by atoms with Gasteiger partial charge < -0.3 is 20.3 Å². The highest BCUT2D eigenvalue weighted by Gasteiger charge is 2.31. The van der Waals surface area contributed by atoms with Crippen LogP contribution in [0.4, 0.5) is 0 Å². The Morgan fingerprint density at radius 3 is 2.47 bits per heavy atom. The summed E-state index contributed by atoms with van der Waals surface area (Å²) in [5.41, 5.74) is 0. The summed E-state index contributed by atoms with van der Waals surface area (Å²) < 4.78 is 5.19. The average molecular weight is 245 g/mol. The molecule has 0 aromatic heterocycles. The first-order valence-corrected chi connectivity index (χ1v) is 5.26. The minimum atomic E-state index is -1.39. The molecule has 1 heterocycles. The fraction of sp³-hybridized carbons (Fsp3) is 0.700. The zero-order valence-electron chi connectivity index (χ0n) is 9.38. The van der Waals surface area contributed by atoms with Gasteiger partial charge in [-0.1, -0.05) is 0 Å². The molecule has 0 spiro atoms. The number of hydrogen-bond acceptors (Lipinski definition) is 4. The number of rotatable bonds is 5. The topological polar surface area (TPSA) is 113 Å². The Labute approximate surface area is 97.8 Å². The van der Waals surface area contributed by atoms with Gasteiger partial charge in [-0.25, -0.2) is 4.79 Å². The van der Waals surface area contributed by atoms with Crippen LogP contribution in [-0.2, 0) is 19.1 Å². The van der Waals surface area contributed by atoms with Crippen molar-refractivity contribution in [3.63, 3.8) is 0 Å². The molecule has 17 heavy (non-hydrogen) atoms. The largest absolute Gasteiger partial charge is 0.481 e. The third kappa shape index (κ3) is 4.03. The molecular formula is C10H15NO6. The Bertz CT molecular complexity index is 329. The summed E-state index contributed by atoms with van der Waals surface area (Å²) in [6.07, 6.45) is -0.149. The lowest BCUT2D eigenvalue weighted by Crippen LogP contribution is -2.45. The number of ether oxygens (including phenoxy) is 1. The summed E-state index contributed by atoms with van der Waals surface area (Å²) in [5.74, 6) is -3.50. The maximum atomic E-state index is 11.6. The van der Waals surface area contributed by atoms with E-state index < -0.39 is 36.2 Å². The lowest BCUT2D eigenvalue weighted by Gasteiger charge is -2.14. The molecule has 1 aliphatic rings. The second kappa shape index (κ2) is 5.62. The summed E-state index contributed by atoms with van der Waals surface area (Å²) in [6.45, 7) is 2.06. The third-order valence-electron chi connectivity index (χ3n) is 2.56. The zero-order chi connectivity index (χ0) is 13.0. The van der Waals surface area contributed by atoms with Crippen LogP contribution in [-0.4, -0.2) is 46.8 Å². The molecule has 0 aliphatic carbocycles. The average Bonchev–Trinajstić information content (AvgIpc) is 2.63. The van der Waals surface area contributed by atoms with Gasteiger partial charge in [-0.3, -0.25) is 9.59 Å². The number of aliphatic carboxylic acids is 2. The standard InChI is InChI=1S/C10H15NO6/c1-5-2-6(4-17-5)9(14)11-7(10(15)16)3-8(12)13/h5-7H,2-4H2,1H3,(H,11,14)(H,12,13)(H,15,16)/t5?,6?,7-/m1/s1. The number of nitrogens with one attached hydrogen (secondary N) is 1. The molecule has 3 N–H and O–H groups in total. The Morgan fingerprint density at radius 2 is 2.06 bits per heavy atom. The number of carbonyl (C=O) groups excluding carboxylic acids is 1. The number of hydrogen-bond donors (Lipinski definition) is 3. The monoisotopic (exact) mass is 245 g/mol. The molecule has 3 atom stereocenters. The van der Waals surface area contributed by atoms with Gasteiger partial charge in [0.2, 0.25) is 5.91 Å². The second-order valence-corrected chi connectivity index (χ2v) is 4.07. The van der Waals surface area contributed by atoms with E-state index in [0.29, 0.717) is 6.42 Å². The van der Waals surface area contributed by atoms with Crippen molar-refractivity contribution in [3.8, 4) is 0 Å². The minimum absolute atomic E-state index is 0.0338. The summed E-state index contributed by atoms with van der Waals surface area (Å²) >= 11 is 0. The van der Waals surface area contributed by atoms with E-state index in [4.69, 9.17) is 14.9 Å². The first kappa shape index (κ1) is 13.4. The molecule has 1 aliphatic heterocycles. The summed E-state index contributed by atoms with van der Waals surface area (Å²) in [6, 6.07) is -1.39. The van der Waals surface area contributed by atoms with E-state index in [0.717, 1.165) is 0 Å². The number of amides is 1. The van der Waals surface area contributed by atoms with Crippen LogP contribution in [0.5, 0.6) is 0 Å². The van der Waals surface area contributed by atoms with Crippen LogP contribution < -0.4 is 5.32 Å². The molecule has 0 radical (unpaired) electrons. The molecule has 0 saturated carbocycles. The Morgan fingerprint density at radius 1 is 1.41 bits per heavy atom. The smallest absolute Gasteiger partial charge is 0.326 e. The quantitative estimate of drug-likeness (QED) is 0.599. The van der Waals surface area contributed by atoms with Crippen molar-refractivity contribution in [3.05, 3.63) is 0 Å². The van der Waals surface area contributed by atoms with Gasteiger partial charge in [0.05, 0.1) is 25.0 Å². The predicted octanol–water partition coefficient (Wildman–Crippen LogP) is -0.544. The number of carbonyl (C=O) groups is 3. The SMILES string of the molecule is CC1CC(C(=O)N[C@H](CC(=O)O)C(=O)O)CO1. The molecule has 0 bridgehead atoms. The maximum absolute atomic E-state index is 11.6. The molecule has 0 aromatic carbocycles. The van der Waals surface area contributed by atoms with Crippen molar-refractivity contribution < 1.29 is 29.3 Å². The van der Waals surface area contributed by atoms with Crippen molar-refractivity contribution in [2.24, 2.45) is 5.92 Å². The Kier molecular flexibility index (Phi) is 4.45. The molecule has 2 unspecified atom stereocenters. The lowest BCUT2D eigenvalue weighted by molar-refractivity contribution is -0.147. The van der Waals surface area contributed by atoms with Crippen LogP contribution in [0.3, 0.4) is 0 Å². The summed E-state index contributed by atoms with van der Waals surface area (Å²) in [7, 11) is 0. The predicted molar refractivity (Wildman–Crippen MR) is 55.3 cm³/mol. The number of carboxylic acids is 2. The number of carboxylic acid groups (broad SMARTS) is 2. The van der Waals surface area contributed by atoms with Crippen LogP contribution in [0, 0.1) is 5.92 Å². The zero-order valence-corrected chi connectivity index (χ0v) is 9.38. The second-order valence-electron chi connectivity index (χ2n) is 4.07. The summed E-state index contributed by atoms with van der Waals surface area (Å²) in [5, 5.41) is 19.5. The van der Waals surface area contributed by atoms with Gasteiger partial charge >= 0.3 is 11.9 Å². The van der Waals surface area contributed by atoms with Gasteiger partial charge in [0, 0.05) is 0 Å². The Balaban J connectivity index is 2.52. The third-order valence-corrected chi connectivity index (χ3v) is 2.56. The van der Waals surface area contributed by atoms with Gasteiger partial charge in [0.15, 0.2) is 0 Å². The summed E-state index contributed by atoms with van der Waals surface area (Å²) in [4.78, 5) is 32.8.